The van der Waals surface area contributed by atoms with Gasteiger partial charge in [-0.15, -0.1) is 0 Å². The van der Waals surface area contributed by atoms with Crippen LogP contribution >= 0.6 is 46.8 Å². The van der Waals surface area contributed by atoms with Crippen LogP contribution in [-0.4, -0.2) is 10.4 Å². The van der Waals surface area contributed by atoms with E-state index in [0.29, 0.717) is 13.0 Å². The summed E-state index contributed by atoms with van der Waals surface area (Å²) in [5.41, 5.74) is 3.68. The Kier molecular flexibility index (Phi) is 10.4. The van der Waals surface area contributed by atoms with Crippen molar-refractivity contribution in [3.05, 3.63) is 59.2 Å². The van der Waals surface area contributed by atoms with Crippen LogP contribution in [0.25, 0.3) is 0 Å². The fourth-order valence-electron chi connectivity index (χ4n) is 1.94. The first-order valence-electron chi connectivity index (χ1n) is 7.53. The van der Waals surface area contributed by atoms with E-state index in [0.717, 1.165) is 24.2 Å². The number of benzene rings is 1. The van der Waals surface area contributed by atoms with E-state index >= 15 is 0 Å². The van der Waals surface area contributed by atoms with Crippen LogP contribution in [0.15, 0.2) is 53.6 Å². The van der Waals surface area contributed by atoms with Crippen LogP contribution in [0, 0.1) is 0 Å². The van der Waals surface area contributed by atoms with Crippen LogP contribution in [0.1, 0.15) is 38.7 Å². The number of hydrogen-bond acceptors (Lipinski definition) is 2. The van der Waals surface area contributed by atoms with Gasteiger partial charge in [0.2, 0.25) is 0 Å². The van der Waals surface area contributed by atoms with Crippen LogP contribution in [0.5, 0.6) is 0 Å². The number of hydrogen-bond donors (Lipinski definition) is 0. The molecule has 1 rings (SSSR count). The molecule has 1 aromatic carbocycles. The Balaban J connectivity index is 2.16. The van der Waals surface area contributed by atoms with Crippen LogP contribution in [0.4, 0.5) is 0 Å². The molecule has 1 nitrogen and oxygen atoms in total. The maximum Gasteiger partial charge on any atom is 0.194 e. The van der Waals surface area contributed by atoms with Crippen molar-refractivity contribution in [2.45, 2.75) is 42.7 Å². The molecule has 0 aromatic heterocycles. The third kappa shape index (κ3) is 12.0. The molecule has 0 amide bonds. The average Bonchev–Trinajstić information content (AvgIpc) is 2.46. The lowest BCUT2D eigenvalue weighted by molar-refractivity contribution is 0.426. The van der Waals surface area contributed by atoms with Gasteiger partial charge in [-0.25, -0.2) is 0 Å². The minimum Gasteiger partial charge on any atom is -0.311 e. The molecule has 128 valence electrons. The van der Waals surface area contributed by atoms with Gasteiger partial charge in [-0.3, -0.25) is 0 Å². The molecule has 0 N–H and O–H groups in total. The molecule has 1 aromatic rings. The van der Waals surface area contributed by atoms with Crippen molar-refractivity contribution in [1.82, 2.24) is 0 Å². The van der Waals surface area contributed by atoms with Crippen molar-refractivity contribution >= 4 is 46.8 Å². The lowest BCUT2D eigenvalue weighted by Crippen LogP contribution is -2.01. The number of allylic oxidation sites excluding steroid dienone is 3. The summed E-state index contributed by atoms with van der Waals surface area (Å²) in [7, 11) is 0. The number of halogens is 3. The monoisotopic (exact) mass is 392 g/mol. The Bertz CT molecular complexity index is 507. The second kappa shape index (κ2) is 11.4. The minimum atomic E-state index is -1.20. The standard InChI is InChI=1S/C18H23Cl3OS/c1-15(7-6-8-16(2)13-18(19,20)21)11-12-22-23-14-17-9-4-3-5-10-17/h3-5,8-11H,6-7,12-14H2,1-2H3. The van der Waals surface area contributed by atoms with E-state index in [1.165, 1.54) is 23.2 Å². The van der Waals surface area contributed by atoms with E-state index in [1.807, 2.05) is 25.1 Å². The lowest BCUT2D eigenvalue weighted by Gasteiger charge is -2.10. The molecule has 0 saturated carbocycles. The molecular weight excluding hydrogens is 371 g/mol. The molecule has 5 heteroatoms. The first-order chi connectivity index (χ1) is 10.9. The van der Waals surface area contributed by atoms with Crippen molar-refractivity contribution in [3.63, 3.8) is 0 Å². The topological polar surface area (TPSA) is 9.23 Å². The molecule has 0 radical (unpaired) electrons. The molecule has 0 spiro atoms. The predicted octanol–water partition coefficient (Wildman–Crippen LogP) is 7.28. The Hall–Kier alpha value is -0.120. The molecule has 0 atom stereocenters. The van der Waals surface area contributed by atoms with Crippen molar-refractivity contribution in [1.29, 1.82) is 0 Å². The highest BCUT2D eigenvalue weighted by atomic mass is 35.6. The van der Waals surface area contributed by atoms with Gasteiger partial charge in [0.25, 0.3) is 0 Å². The second-order valence-corrected chi connectivity index (χ2v) is 8.74. The van der Waals surface area contributed by atoms with E-state index in [4.69, 9.17) is 39.0 Å². The minimum absolute atomic E-state index is 0.472. The molecular formula is C18H23Cl3OS. The molecule has 0 bridgehead atoms. The summed E-state index contributed by atoms with van der Waals surface area (Å²) < 4.78 is 4.37. The molecule has 0 saturated heterocycles. The molecule has 0 aliphatic carbocycles. The van der Waals surface area contributed by atoms with E-state index in [9.17, 15) is 0 Å². The molecule has 23 heavy (non-hydrogen) atoms. The summed E-state index contributed by atoms with van der Waals surface area (Å²) in [5, 5.41) is 0. The molecule has 0 aliphatic heterocycles. The average molecular weight is 394 g/mol. The van der Waals surface area contributed by atoms with Gasteiger partial charge in [-0.1, -0.05) is 88.4 Å². The van der Waals surface area contributed by atoms with E-state index < -0.39 is 3.79 Å². The normalized spacial score (nSPS) is 13.4. The van der Waals surface area contributed by atoms with Gasteiger partial charge in [0.05, 0.1) is 6.61 Å². The largest absolute Gasteiger partial charge is 0.311 e. The maximum absolute atomic E-state index is 5.77. The van der Waals surface area contributed by atoms with E-state index in [2.05, 4.69) is 31.2 Å². The summed E-state index contributed by atoms with van der Waals surface area (Å²) in [6.07, 6.45) is 6.66. The first kappa shape index (κ1) is 20.9. The van der Waals surface area contributed by atoms with Gasteiger partial charge < -0.3 is 4.18 Å². The molecule has 0 aliphatic rings. The third-order valence-electron chi connectivity index (χ3n) is 3.16. The van der Waals surface area contributed by atoms with Crippen LogP contribution in [0.2, 0.25) is 0 Å². The SMILES string of the molecule is CC(=CCOSCc1ccccc1)CCC=C(C)CC(Cl)(Cl)Cl. The Morgan fingerprint density at radius 1 is 1.09 bits per heavy atom. The maximum atomic E-state index is 5.77. The van der Waals surface area contributed by atoms with E-state index in [1.54, 1.807) is 0 Å². The number of rotatable bonds is 9. The van der Waals surface area contributed by atoms with Gasteiger partial charge in [-0.05, 0) is 44.3 Å². The zero-order valence-corrected chi connectivity index (χ0v) is 16.6. The van der Waals surface area contributed by atoms with Crippen molar-refractivity contribution < 1.29 is 4.18 Å². The van der Waals surface area contributed by atoms with E-state index in [-0.39, 0.29) is 0 Å². The van der Waals surface area contributed by atoms with Crippen LogP contribution in [-0.2, 0) is 9.94 Å². The Labute approximate surface area is 159 Å². The zero-order valence-electron chi connectivity index (χ0n) is 13.5. The lowest BCUT2D eigenvalue weighted by atomic mass is 10.1. The van der Waals surface area contributed by atoms with Crippen molar-refractivity contribution in [2.75, 3.05) is 6.61 Å². The summed E-state index contributed by atoms with van der Waals surface area (Å²) in [5.74, 6) is 0.868. The summed E-state index contributed by atoms with van der Waals surface area (Å²) in [4.78, 5) is 0. The third-order valence-corrected chi connectivity index (χ3v) is 4.32. The van der Waals surface area contributed by atoms with Gasteiger partial charge in [-0.2, -0.15) is 0 Å². The highest BCUT2D eigenvalue weighted by molar-refractivity contribution is 7.93. The zero-order chi connectivity index (χ0) is 17.1. The molecule has 0 heterocycles. The smallest absolute Gasteiger partial charge is 0.194 e. The van der Waals surface area contributed by atoms with Gasteiger partial charge in [0.1, 0.15) is 0 Å². The Morgan fingerprint density at radius 3 is 2.43 bits per heavy atom. The highest BCUT2D eigenvalue weighted by Crippen LogP contribution is 2.33. The van der Waals surface area contributed by atoms with Crippen molar-refractivity contribution in [2.24, 2.45) is 0 Å². The summed E-state index contributed by atoms with van der Waals surface area (Å²) >= 11 is 18.8. The fourth-order valence-corrected chi connectivity index (χ4v) is 3.15. The van der Waals surface area contributed by atoms with Crippen LogP contribution < -0.4 is 0 Å². The predicted molar refractivity (Wildman–Crippen MR) is 105 cm³/mol. The first-order valence-corrected chi connectivity index (χ1v) is 9.57. The summed E-state index contributed by atoms with van der Waals surface area (Å²) in [6.45, 7) is 4.73. The number of alkyl halides is 3. The summed E-state index contributed by atoms with van der Waals surface area (Å²) in [6, 6.07) is 10.3. The van der Waals surface area contributed by atoms with Gasteiger partial charge in [0, 0.05) is 12.2 Å². The Morgan fingerprint density at radius 2 is 1.78 bits per heavy atom. The highest BCUT2D eigenvalue weighted by Gasteiger charge is 2.19. The second-order valence-electron chi connectivity index (χ2n) is 5.46. The van der Waals surface area contributed by atoms with Crippen LogP contribution in [0.3, 0.4) is 0 Å². The van der Waals surface area contributed by atoms with Gasteiger partial charge >= 0.3 is 0 Å². The van der Waals surface area contributed by atoms with Crippen molar-refractivity contribution in [3.8, 4) is 0 Å². The quantitative estimate of drug-likeness (QED) is 0.188. The molecule has 0 unspecified atom stereocenters. The fraction of sp³-hybridized carbons (Fsp3) is 0.444. The van der Waals surface area contributed by atoms with Gasteiger partial charge in [0.15, 0.2) is 3.79 Å². The molecule has 0 fully saturated rings.